The van der Waals surface area contributed by atoms with Crippen LogP contribution in [0, 0.1) is 0 Å². The second kappa shape index (κ2) is 7.28. The lowest BCUT2D eigenvalue weighted by Crippen LogP contribution is -2.42. The van der Waals surface area contributed by atoms with E-state index in [9.17, 15) is 9.59 Å². The summed E-state index contributed by atoms with van der Waals surface area (Å²) < 4.78 is 0. The van der Waals surface area contributed by atoms with Crippen LogP contribution in [0.15, 0.2) is 0 Å². The zero-order chi connectivity index (χ0) is 11.0. The number of aliphatic carboxylic acids is 1. The Hall–Kier alpha value is -1.14. The van der Waals surface area contributed by atoms with Crippen LogP contribution in [0.4, 0.5) is 0 Å². The van der Waals surface area contributed by atoms with Crippen molar-refractivity contribution in [2.45, 2.75) is 25.3 Å². The summed E-state index contributed by atoms with van der Waals surface area (Å²) in [5.74, 6) is -1.56. The number of amides is 1. The summed E-state index contributed by atoms with van der Waals surface area (Å²) in [5.41, 5.74) is 5.29. The average molecular weight is 204 g/mol. The lowest BCUT2D eigenvalue weighted by Gasteiger charge is -2.09. The number of nitrogens with two attached hydrogens (primary N) is 1. The Kier molecular flexibility index (Phi) is 6.69. The highest BCUT2D eigenvalue weighted by atomic mass is 16.4. The summed E-state index contributed by atoms with van der Waals surface area (Å²) in [4.78, 5) is 21.3. The summed E-state index contributed by atoms with van der Waals surface area (Å²) in [6, 6.07) is -0.998. The molecule has 0 aromatic carbocycles. The SMILES string of the molecule is NC(CC(=O)O)C(=O)NCCCCO. The largest absolute Gasteiger partial charge is 0.481 e. The minimum absolute atomic E-state index is 0.0804. The fourth-order valence-electron chi connectivity index (χ4n) is 0.860. The van der Waals surface area contributed by atoms with Crippen LogP contribution in [0.1, 0.15) is 19.3 Å². The molecule has 5 N–H and O–H groups in total. The maximum Gasteiger partial charge on any atom is 0.305 e. The van der Waals surface area contributed by atoms with Gasteiger partial charge >= 0.3 is 5.97 Å². The number of unbranched alkanes of at least 4 members (excludes halogenated alkanes) is 1. The summed E-state index contributed by atoms with van der Waals surface area (Å²) in [6.45, 7) is 0.490. The molecule has 0 fully saturated rings. The second-order valence-corrected chi connectivity index (χ2v) is 2.93. The van der Waals surface area contributed by atoms with Crippen LogP contribution in [-0.2, 0) is 9.59 Å². The number of carboxylic acid groups (broad SMARTS) is 1. The zero-order valence-electron chi connectivity index (χ0n) is 7.90. The van der Waals surface area contributed by atoms with E-state index < -0.39 is 17.9 Å². The van der Waals surface area contributed by atoms with Gasteiger partial charge in [0.05, 0.1) is 12.5 Å². The highest BCUT2D eigenvalue weighted by molar-refractivity contribution is 5.85. The Morgan fingerprint density at radius 3 is 2.50 bits per heavy atom. The number of aliphatic hydroxyl groups is 1. The molecule has 0 radical (unpaired) electrons. The summed E-state index contributed by atoms with van der Waals surface area (Å²) >= 11 is 0. The number of carbonyl (C=O) groups excluding carboxylic acids is 1. The van der Waals surface area contributed by atoms with Crippen molar-refractivity contribution in [2.24, 2.45) is 5.73 Å². The first-order chi connectivity index (χ1) is 6.57. The highest BCUT2D eigenvalue weighted by Crippen LogP contribution is 1.89. The van der Waals surface area contributed by atoms with Crippen molar-refractivity contribution in [3.8, 4) is 0 Å². The molecule has 1 unspecified atom stereocenters. The molecule has 0 aromatic rings. The molecule has 6 nitrogen and oxygen atoms in total. The van der Waals surface area contributed by atoms with E-state index >= 15 is 0 Å². The van der Waals surface area contributed by atoms with Crippen molar-refractivity contribution in [3.05, 3.63) is 0 Å². The number of nitrogens with one attached hydrogen (secondary N) is 1. The molecule has 6 heteroatoms. The molecular weight excluding hydrogens is 188 g/mol. The van der Waals surface area contributed by atoms with E-state index in [1.807, 2.05) is 0 Å². The minimum atomic E-state index is -1.09. The molecule has 82 valence electrons. The Bertz CT molecular complexity index is 196. The maximum atomic E-state index is 11.1. The number of carboxylic acids is 1. The summed E-state index contributed by atoms with van der Waals surface area (Å²) in [5, 5.41) is 19.3. The Balaban J connectivity index is 3.57. The molecule has 0 saturated carbocycles. The van der Waals surface area contributed by atoms with E-state index in [4.69, 9.17) is 15.9 Å². The predicted molar refractivity (Wildman–Crippen MR) is 49.6 cm³/mol. The van der Waals surface area contributed by atoms with E-state index in [1.165, 1.54) is 0 Å². The van der Waals surface area contributed by atoms with Gasteiger partial charge in [-0.2, -0.15) is 0 Å². The fraction of sp³-hybridized carbons (Fsp3) is 0.750. The van der Waals surface area contributed by atoms with Crippen LogP contribution in [0.25, 0.3) is 0 Å². The van der Waals surface area contributed by atoms with Gasteiger partial charge in [-0.15, -0.1) is 0 Å². The van der Waals surface area contributed by atoms with Crippen LogP contribution in [0.2, 0.25) is 0 Å². The molecular formula is C8H16N2O4. The molecule has 1 atom stereocenters. The normalized spacial score (nSPS) is 12.1. The van der Waals surface area contributed by atoms with E-state index in [2.05, 4.69) is 5.32 Å². The molecule has 0 aromatic heterocycles. The van der Waals surface area contributed by atoms with E-state index in [0.717, 1.165) is 0 Å². The first-order valence-corrected chi connectivity index (χ1v) is 4.44. The molecule has 0 saturated heterocycles. The summed E-state index contributed by atoms with van der Waals surface area (Å²) in [7, 11) is 0. The minimum Gasteiger partial charge on any atom is -0.481 e. The van der Waals surface area contributed by atoms with Gasteiger partial charge in [0, 0.05) is 13.2 Å². The van der Waals surface area contributed by atoms with Gasteiger partial charge in [0.25, 0.3) is 0 Å². The summed E-state index contributed by atoms with van der Waals surface area (Å²) in [6.07, 6.45) is 0.891. The monoisotopic (exact) mass is 204 g/mol. The average Bonchev–Trinajstić information content (AvgIpc) is 2.11. The van der Waals surface area contributed by atoms with Gasteiger partial charge in [-0.25, -0.2) is 0 Å². The third kappa shape index (κ3) is 6.38. The van der Waals surface area contributed by atoms with E-state index in [1.54, 1.807) is 0 Å². The molecule has 0 aliphatic heterocycles. The maximum absolute atomic E-state index is 11.1. The quantitative estimate of drug-likeness (QED) is 0.384. The molecule has 0 aliphatic rings. The van der Waals surface area contributed by atoms with Crippen molar-refractivity contribution in [1.29, 1.82) is 0 Å². The molecule has 0 spiro atoms. The Morgan fingerprint density at radius 1 is 1.36 bits per heavy atom. The predicted octanol–water partition coefficient (Wildman–Crippen LogP) is -1.32. The molecule has 0 aliphatic carbocycles. The first-order valence-electron chi connectivity index (χ1n) is 4.44. The number of carbonyl (C=O) groups is 2. The third-order valence-electron chi connectivity index (χ3n) is 1.62. The van der Waals surface area contributed by atoms with Crippen molar-refractivity contribution in [1.82, 2.24) is 5.32 Å². The molecule has 1 amide bonds. The van der Waals surface area contributed by atoms with Crippen molar-refractivity contribution < 1.29 is 19.8 Å². The number of hydrogen-bond acceptors (Lipinski definition) is 4. The van der Waals surface area contributed by atoms with Gasteiger partial charge in [0.1, 0.15) is 0 Å². The van der Waals surface area contributed by atoms with Crippen LogP contribution in [0.5, 0.6) is 0 Å². The van der Waals surface area contributed by atoms with Crippen LogP contribution in [-0.4, -0.2) is 41.3 Å². The van der Waals surface area contributed by atoms with Crippen molar-refractivity contribution >= 4 is 11.9 Å². The van der Waals surface area contributed by atoms with Gasteiger partial charge in [0.15, 0.2) is 0 Å². The van der Waals surface area contributed by atoms with Crippen molar-refractivity contribution in [3.63, 3.8) is 0 Å². The Labute approximate surface area is 82.1 Å². The van der Waals surface area contributed by atoms with Crippen LogP contribution in [0.3, 0.4) is 0 Å². The fourth-order valence-corrected chi connectivity index (χ4v) is 0.860. The number of hydrogen-bond donors (Lipinski definition) is 4. The standard InChI is InChI=1S/C8H16N2O4/c9-6(5-7(12)13)8(14)10-3-1-2-4-11/h6,11H,1-5,9H2,(H,10,14)(H,12,13). The lowest BCUT2D eigenvalue weighted by atomic mass is 10.2. The second-order valence-electron chi connectivity index (χ2n) is 2.93. The topological polar surface area (TPSA) is 113 Å². The van der Waals surface area contributed by atoms with E-state index in [-0.39, 0.29) is 13.0 Å². The molecule has 0 rings (SSSR count). The van der Waals surface area contributed by atoms with Gasteiger partial charge < -0.3 is 21.3 Å². The Morgan fingerprint density at radius 2 is 2.00 bits per heavy atom. The third-order valence-corrected chi connectivity index (χ3v) is 1.62. The number of aliphatic hydroxyl groups excluding tert-OH is 1. The van der Waals surface area contributed by atoms with Crippen LogP contribution < -0.4 is 11.1 Å². The van der Waals surface area contributed by atoms with Crippen LogP contribution >= 0.6 is 0 Å². The zero-order valence-corrected chi connectivity index (χ0v) is 7.90. The molecule has 14 heavy (non-hydrogen) atoms. The van der Waals surface area contributed by atoms with Gasteiger partial charge in [-0.05, 0) is 12.8 Å². The lowest BCUT2D eigenvalue weighted by molar-refractivity contribution is -0.139. The molecule has 0 bridgehead atoms. The van der Waals surface area contributed by atoms with Crippen molar-refractivity contribution in [2.75, 3.05) is 13.2 Å². The van der Waals surface area contributed by atoms with Gasteiger partial charge in [-0.1, -0.05) is 0 Å². The highest BCUT2D eigenvalue weighted by Gasteiger charge is 2.15. The van der Waals surface area contributed by atoms with Gasteiger partial charge in [-0.3, -0.25) is 9.59 Å². The van der Waals surface area contributed by atoms with E-state index in [0.29, 0.717) is 19.4 Å². The molecule has 0 heterocycles. The first kappa shape index (κ1) is 12.9. The van der Waals surface area contributed by atoms with Gasteiger partial charge in [0.2, 0.25) is 5.91 Å². The number of rotatable bonds is 7. The smallest absolute Gasteiger partial charge is 0.305 e.